The number of carbonyl (C=O) groups is 2. The second-order valence-electron chi connectivity index (χ2n) is 9.88. The van der Waals surface area contributed by atoms with Gasteiger partial charge in [0.2, 0.25) is 0 Å². The Labute approximate surface area is 208 Å². The number of carbonyl (C=O) groups excluding carboxylic acids is 2. The molecule has 0 saturated carbocycles. The van der Waals surface area contributed by atoms with Crippen LogP contribution in [0.3, 0.4) is 0 Å². The van der Waals surface area contributed by atoms with Gasteiger partial charge in [-0.25, -0.2) is 13.2 Å². The van der Waals surface area contributed by atoms with Crippen molar-refractivity contribution in [1.82, 2.24) is 9.88 Å². The van der Waals surface area contributed by atoms with E-state index in [1.165, 1.54) is 18.3 Å². The van der Waals surface area contributed by atoms with Gasteiger partial charge >= 0.3 is 6.09 Å². The van der Waals surface area contributed by atoms with Gasteiger partial charge in [0.25, 0.3) is 5.91 Å². The number of fused-ring (bicyclic) bond motifs is 1. The first kappa shape index (κ1) is 26.7. The molecule has 0 saturated heterocycles. The van der Waals surface area contributed by atoms with Crippen LogP contribution in [0, 0.1) is 0 Å². The number of benzene rings is 1. The predicted octanol–water partition coefficient (Wildman–Crippen LogP) is 5.33. The van der Waals surface area contributed by atoms with Gasteiger partial charge in [-0.1, -0.05) is 32.6 Å². The molecule has 35 heavy (non-hydrogen) atoms. The summed E-state index contributed by atoms with van der Waals surface area (Å²) in [6, 6.07) is 7.95. The fourth-order valence-corrected chi connectivity index (χ4v) is 5.17. The van der Waals surface area contributed by atoms with E-state index in [-0.39, 0.29) is 16.6 Å². The van der Waals surface area contributed by atoms with Crippen LogP contribution in [0.5, 0.6) is 0 Å². The Kier molecular flexibility index (Phi) is 8.53. The van der Waals surface area contributed by atoms with Crippen molar-refractivity contribution >= 4 is 27.5 Å². The highest BCUT2D eigenvalue weighted by Crippen LogP contribution is 2.24. The van der Waals surface area contributed by atoms with Crippen LogP contribution >= 0.6 is 0 Å². The molecule has 1 aliphatic rings. The molecular formula is C26H35N3O5S. The maximum atomic E-state index is 12.8. The molecular weight excluding hydrogens is 466 g/mol. The van der Waals surface area contributed by atoms with Crippen LogP contribution in [0.25, 0.3) is 0 Å². The summed E-state index contributed by atoms with van der Waals surface area (Å²) in [6.07, 6.45) is 5.90. The average Bonchev–Trinajstić information content (AvgIpc) is 3.22. The van der Waals surface area contributed by atoms with E-state index >= 15 is 0 Å². The topological polar surface area (TPSA) is 106 Å². The van der Waals surface area contributed by atoms with Gasteiger partial charge in [0.15, 0.2) is 9.84 Å². The first-order valence-corrected chi connectivity index (χ1v) is 13.7. The molecule has 2 amide bonds. The minimum atomic E-state index is -3.34. The van der Waals surface area contributed by atoms with E-state index in [1.807, 2.05) is 20.8 Å². The minimum absolute atomic E-state index is 0.129. The maximum absolute atomic E-state index is 12.8. The Morgan fingerprint density at radius 3 is 2.40 bits per heavy atom. The first-order valence-electron chi connectivity index (χ1n) is 12.1. The van der Waals surface area contributed by atoms with Crippen LogP contribution in [0.4, 0.5) is 10.5 Å². The largest absolute Gasteiger partial charge is 0.444 e. The zero-order valence-electron chi connectivity index (χ0n) is 21.0. The second-order valence-corrected chi connectivity index (χ2v) is 12.0. The van der Waals surface area contributed by atoms with Gasteiger partial charge in [-0.05, 0) is 63.1 Å². The summed E-state index contributed by atoms with van der Waals surface area (Å²) in [5.41, 5.74) is 1.79. The van der Waals surface area contributed by atoms with Gasteiger partial charge < -0.3 is 10.1 Å². The third-order valence-electron chi connectivity index (χ3n) is 5.66. The lowest BCUT2D eigenvalue weighted by atomic mass is 10.1. The van der Waals surface area contributed by atoms with Crippen LogP contribution in [-0.2, 0) is 27.7 Å². The monoisotopic (exact) mass is 501 g/mol. The van der Waals surface area contributed by atoms with Crippen molar-refractivity contribution in [3.8, 4) is 0 Å². The number of rotatable bonds is 9. The molecule has 0 unspecified atom stereocenters. The van der Waals surface area contributed by atoms with E-state index in [0.717, 1.165) is 36.9 Å². The number of nitrogens with one attached hydrogen (secondary N) is 1. The minimum Gasteiger partial charge on any atom is -0.444 e. The first-order chi connectivity index (χ1) is 16.5. The molecule has 9 heteroatoms. The molecule has 1 aromatic carbocycles. The SMILES string of the molecule is CCCCCCCS(=O)(=O)c1ccc(NC(=O)c2cnc3c(c2)CN(C(=O)OC(C)(C)C)C3)cc1. The summed E-state index contributed by atoms with van der Waals surface area (Å²) in [6.45, 7) is 8.21. The van der Waals surface area contributed by atoms with Crippen LogP contribution < -0.4 is 5.32 Å². The summed E-state index contributed by atoms with van der Waals surface area (Å²) in [4.78, 5) is 31.3. The van der Waals surface area contributed by atoms with Crippen LogP contribution in [0.2, 0.25) is 0 Å². The fraction of sp³-hybridized carbons (Fsp3) is 0.500. The molecule has 0 atom stereocenters. The van der Waals surface area contributed by atoms with Crippen molar-refractivity contribution in [2.24, 2.45) is 0 Å². The molecule has 0 spiro atoms. The average molecular weight is 502 g/mol. The lowest BCUT2D eigenvalue weighted by Crippen LogP contribution is -2.33. The van der Waals surface area contributed by atoms with E-state index < -0.39 is 21.5 Å². The highest BCUT2D eigenvalue weighted by atomic mass is 32.2. The van der Waals surface area contributed by atoms with Crippen LogP contribution in [0.15, 0.2) is 41.4 Å². The molecule has 2 heterocycles. The second kappa shape index (κ2) is 11.2. The van der Waals surface area contributed by atoms with Crippen molar-refractivity contribution in [1.29, 1.82) is 0 Å². The Morgan fingerprint density at radius 1 is 1.06 bits per heavy atom. The number of aromatic nitrogens is 1. The van der Waals surface area contributed by atoms with E-state index in [1.54, 1.807) is 23.1 Å². The summed E-state index contributed by atoms with van der Waals surface area (Å²) in [5.74, 6) is -0.230. The van der Waals surface area contributed by atoms with E-state index in [0.29, 0.717) is 30.8 Å². The van der Waals surface area contributed by atoms with Crippen LogP contribution in [-0.4, -0.2) is 41.7 Å². The van der Waals surface area contributed by atoms with Crippen molar-refractivity contribution in [3.05, 3.63) is 53.3 Å². The standard InChI is InChI=1S/C26H35N3O5S/c1-5-6-7-8-9-14-35(32,33)22-12-10-21(11-13-22)28-24(30)19-15-20-17-29(18-23(20)27-16-19)25(31)34-26(2,3)4/h10-13,15-16H,5-9,14,17-18H2,1-4H3,(H,28,30). The number of nitrogens with zero attached hydrogens (tertiary/aromatic N) is 2. The third-order valence-corrected chi connectivity index (χ3v) is 7.48. The van der Waals surface area contributed by atoms with Crippen molar-refractivity contribution < 1.29 is 22.7 Å². The number of anilines is 1. The summed E-state index contributed by atoms with van der Waals surface area (Å²) in [5, 5.41) is 2.78. The smallest absolute Gasteiger partial charge is 0.410 e. The highest BCUT2D eigenvalue weighted by molar-refractivity contribution is 7.91. The van der Waals surface area contributed by atoms with Gasteiger partial charge in [-0.15, -0.1) is 0 Å². The maximum Gasteiger partial charge on any atom is 0.410 e. The number of hydrogen-bond acceptors (Lipinski definition) is 6. The number of ether oxygens (including phenoxy) is 1. The zero-order valence-corrected chi connectivity index (χ0v) is 21.8. The highest BCUT2D eigenvalue weighted by Gasteiger charge is 2.29. The molecule has 1 aliphatic heterocycles. The van der Waals surface area contributed by atoms with E-state index in [9.17, 15) is 18.0 Å². The lowest BCUT2D eigenvalue weighted by Gasteiger charge is -2.23. The number of hydrogen-bond donors (Lipinski definition) is 1. The van der Waals surface area contributed by atoms with Crippen molar-refractivity contribution in [2.45, 2.75) is 83.4 Å². The molecule has 0 fully saturated rings. The van der Waals surface area contributed by atoms with E-state index in [2.05, 4.69) is 17.2 Å². The summed E-state index contributed by atoms with van der Waals surface area (Å²) < 4.78 is 30.5. The molecule has 0 radical (unpaired) electrons. The summed E-state index contributed by atoms with van der Waals surface area (Å²) >= 11 is 0. The predicted molar refractivity (Wildman–Crippen MR) is 135 cm³/mol. The molecule has 0 aliphatic carbocycles. The van der Waals surface area contributed by atoms with E-state index in [4.69, 9.17) is 4.74 Å². The van der Waals surface area contributed by atoms with Gasteiger partial charge in [0.1, 0.15) is 5.60 Å². The Hall–Kier alpha value is -2.94. The molecule has 1 aromatic heterocycles. The molecule has 2 aromatic rings. The number of unbranched alkanes of at least 4 members (excludes halogenated alkanes) is 4. The van der Waals surface area contributed by atoms with Gasteiger partial charge in [-0.3, -0.25) is 14.7 Å². The van der Waals surface area contributed by atoms with Gasteiger partial charge in [0, 0.05) is 11.9 Å². The van der Waals surface area contributed by atoms with Crippen LogP contribution in [0.1, 0.15) is 81.4 Å². The Balaban J connectivity index is 1.58. The number of pyridine rings is 1. The lowest BCUT2D eigenvalue weighted by molar-refractivity contribution is 0.0240. The molecule has 8 nitrogen and oxygen atoms in total. The number of amides is 2. The fourth-order valence-electron chi connectivity index (χ4n) is 3.80. The van der Waals surface area contributed by atoms with Crippen molar-refractivity contribution in [3.63, 3.8) is 0 Å². The molecule has 1 N–H and O–H groups in total. The normalized spacial score (nSPS) is 13.4. The molecule has 3 rings (SSSR count). The number of sulfone groups is 1. The van der Waals surface area contributed by atoms with Gasteiger partial charge in [-0.2, -0.15) is 0 Å². The third kappa shape index (κ3) is 7.52. The van der Waals surface area contributed by atoms with Gasteiger partial charge in [0.05, 0.1) is 35.0 Å². The molecule has 190 valence electrons. The Morgan fingerprint density at radius 2 is 1.74 bits per heavy atom. The van der Waals surface area contributed by atoms with Crippen molar-refractivity contribution in [2.75, 3.05) is 11.1 Å². The zero-order chi connectivity index (χ0) is 25.6. The quantitative estimate of drug-likeness (QED) is 0.466. The summed E-state index contributed by atoms with van der Waals surface area (Å²) in [7, 11) is -3.34. The Bertz CT molecular complexity index is 1150. The molecule has 0 bridgehead atoms.